The summed E-state index contributed by atoms with van der Waals surface area (Å²) < 4.78 is 0.664. The van der Waals surface area contributed by atoms with E-state index in [1.807, 2.05) is 0 Å². The highest BCUT2D eigenvalue weighted by Crippen LogP contribution is 2.14. The molecular formula is C6H5BrN2O. The van der Waals surface area contributed by atoms with Crippen LogP contribution >= 0.6 is 15.9 Å². The molecule has 0 aliphatic heterocycles. The molecule has 1 heterocycles. The van der Waals surface area contributed by atoms with E-state index in [1.165, 1.54) is 12.3 Å². The maximum absolute atomic E-state index is 10.3. The van der Waals surface area contributed by atoms with Crippen LogP contribution in [-0.2, 0) is 0 Å². The van der Waals surface area contributed by atoms with Gasteiger partial charge in [-0.25, -0.2) is 4.98 Å². The Balaban J connectivity index is 3.21. The molecular weight excluding hydrogens is 196 g/mol. The Morgan fingerprint density at radius 2 is 2.40 bits per heavy atom. The molecule has 0 aliphatic rings. The summed E-state index contributed by atoms with van der Waals surface area (Å²) in [6.45, 7) is 0. The number of rotatable bonds is 1. The molecule has 4 heteroatoms. The van der Waals surface area contributed by atoms with Crippen molar-refractivity contribution in [3.63, 3.8) is 0 Å². The first kappa shape index (κ1) is 7.21. The first-order valence-electron chi connectivity index (χ1n) is 2.60. The number of carbonyl (C=O) groups excluding carboxylic acids is 1. The fourth-order valence-corrected chi connectivity index (χ4v) is 0.872. The Labute approximate surface area is 66.4 Å². The summed E-state index contributed by atoms with van der Waals surface area (Å²) in [7, 11) is 0. The number of hydrogen-bond donors (Lipinski definition) is 1. The van der Waals surface area contributed by atoms with Crippen molar-refractivity contribution in [1.29, 1.82) is 0 Å². The Bertz CT molecular complexity index is 262. The molecule has 52 valence electrons. The van der Waals surface area contributed by atoms with E-state index in [1.54, 1.807) is 0 Å². The summed E-state index contributed by atoms with van der Waals surface area (Å²) >= 11 is 3.14. The van der Waals surface area contributed by atoms with E-state index in [4.69, 9.17) is 5.73 Å². The molecule has 3 nitrogen and oxygen atoms in total. The molecule has 0 radical (unpaired) electrons. The highest BCUT2D eigenvalue weighted by Gasteiger charge is 1.97. The van der Waals surface area contributed by atoms with Gasteiger partial charge in [0.15, 0.2) is 6.29 Å². The highest BCUT2D eigenvalue weighted by atomic mass is 79.9. The van der Waals surface area contributed by atoms with Crippen LogP contribution in [0.5, 0.6) is 0 Å². The van der Waals surface area contributed by atoms with Gasteiger partial charge in [-0.05, 0) is 22.0 Å². The fraction of sp³-hybridized carbons (Fsp3) is 0. The molecule has 0 saturated carbocycles. The average molecular weight is 201 g/mol. The summed E-state index contributed by atoms with van der Waals surface area (Å²) in [6.07, 6.45) is 2.22. The van der Waals surface area contributed by atoms with Crippen LogP contribution < -0.4 is 5.73 Å². The van der Waals surface area contributed by atoms with Gasteiger partial charge in [-0.15, -0.1) is 0 Å². The molecule has 0 spiro atoms. The van der Waals surface area contributed by atoms with Crippen LogP contribution in [-0.4, -0.2) is 11.3 Å². The van der Waals surface area contributed by atoms with E-state index in [0.717, 1.165) is 6.29 Å². The zero-order valence-corrected chi connectivity index (χ0v) is 6.63. The van der Waals surface area contributed by atoms with Crippen LogP contribution in [0.2, 0.25) is 0 Å². The Morgan fingerprint density at radius 1 is 1.70 bits per heavy atom. The van der Waals surface area contributed by atoms with Gasteiger partial charge in [0, 0.05) is 16.2 Å². The molecule has 10 heavy (non-hydrogen) atoms. The van der Waals surface area contributed by atoms with Crippen LogP contribution in [0.25, 0.3) is 0 Å². The maximum atomic E-state index is 10.3. The minimum absolute atomic E-state index is 0.352. The SMILES string of the molecule is Nc1cc(C=O)c(Br)cn1. The first-order valence-corrected chi connectivity index (χ1v) is 3.39. The molecule has 0 unspecified atom stereocenters. The molecule has 0 atom stereocenters. The zero-order chi connectivity index (χ0) is 7.56. The number of aldehydes is 1. The van der Waals surface area contributed by atoms with Crippen molar-refractivity contribution in [3.05, 3.63) is 22.3 Å². The summed E-state index contributed by atoms with van der Waals surface area (Å²) in [5, 5.41) is 0. The van der Waals surface area contributed by atoms with E-state index in [9.17, 15) is 4.79 Å². The normalized spacial score (nSPS) is 9.30. The Hall–Kier alpha value is -0.900. The van der Waals surface area contributed by atoms with E-state index in [-0.39, 0.29) is 0 Å². The number of halogens is 1. The van der Waals surface area contributed by atoms with Gasteiger partial charge >= 0.3 is 0 Å². The second-order valence-corrected chi connectivity index (χ2v) is 2.60. The lowest BCUT2D eigenvalue weighted by Gasteiger charge is -1.94. The number of aromatic nitrogens is 1. The molecule has 1 aromatic rings. The standard InChI is InChI=1S/C6H5BrN2O/c7-5-2-9-6(8)1-4(5)3-10/h1-3H,(H2,8,9). The van der Waals surface area contributed by atoms with Crippen LogP contribution in [0.1, 0.15) is 10.4 Å². The summed E-state index contributed by atoms with van der Waals surface area (Å²) in [6, 6.07) is 1.51. The molecule has 0 aromatic carbocycles. The third kappa shape index (κ3) is 1.33. The molecule has 1 aromatic heterocycles. The Kier molecular flexibility index (Phi) is 2.01. The van der Waals surface area contributed by atoms with Crippen LogP contribution in [0.15, 0.2) is 16.7 Å². The van der Waals surface area contributed by atoms with Crippen molar-refractivity contribution in [1.82, 2.24) is 4.98 Å². The molecule has 1 rings (SSSR count). The number of carbonyl (C=O) groups is 1. The number of hydrogen-bond acceptors (Lipinski definition) is 3. The zero-order valence-electron chi connectivity index (χ0n) is 5.04. The lowest BCUT2D eigenvalue weighted by molar-refractivity contribution is 0.112. The second kappa shape index (κ2) is 2.79. The van der Waals surface area contributed by atoms with Crippen molar-refractivity contribution in [2.75, 3.05) is 5.73 Å². The van der Waals surface area contributed by atoms with Gasteiger partial charge in [0.25, 0.3) is 0 Å². The average Bonchev–Trinajstić information content (AvgIpc) is 1.94. The fourth-order valence-electron chi connectivity index (χ4n) is 0.562. The predicted octanol–water partition coefficient (Wildman–Crippen LogP) is 1.24. The van der Waals surface area contributed by atoms with E-state index >= 15 is 0 Å². The molecule has 0 amide bonds. The quantitative estimate of drug-likeness (QED) is 0.695. The van der Waals surface area contributed by atoms with Gasteiger partial charge in [-0.2, -0.15) is 0 Å². The molecule has 0 aliphatic carbocycles. The topological polar surface area (TPSA) is 56.0 Å². The Morgan fingerprint density at radius 3 is 2.90 bits per heavy atom. The highest BCUT2D eigenvalue weighted by molar-refractivity contribution is 9.10. The number of anilines is 1. The lowest BCUT2D eigenvalue weighted by Crippen LogP contribution is -1.92. The maximum Gasteiger partial charge on any atom is 0.151 e. The first-order chi connectivity index (χ1) is 4.74. The molecule has 0 fully saturated rings. The van der Waals surface area contributed by atoms with Crippen molar-refractivity contribution in [2.45, 2.75) is 0 Å². The summed E-state index contributed by atoms with van der Waals surface area (Å²) in [4.78, 5) is 14.0. The summed E-state index contributed by atoms with van der Waals surface area (Å²) in [5.41, 5.74) is 5.83. The van der Waals surface area contributed by atoms with Crippen molar-refractivity contribution >= 4 is 28.0 Å². The van der Waals surface area contributed by atoms with Gasteiger partial charge in [0.1, 0.15) is 5.82 Å². The minimum atomic E-state index is 0.352. The smallest absolute Gasteiger partial charge is 0.151 e. The van der Waals surface area contributed by atoms with Crippen molar-refractivity contribution < 1.29 is 4.79 Å². The van der Waals surface area contributed by atoms with E-state index in [2.05, 4.69) is 20.9 Å². The monoisotopic (exact) mass is 200 g/mol. The number of pyridine rings is 1. The van der Waals surface area contributed by atoms with Gasteiger partial charge in [-0.1, -0.05) is 0 Å². The van der Waals surface area contributed by atoms with Gasteiger partial charge in [0.05, 0.1) is 0 Å². The van der Waals surface area contributed by atoms with Gasteiger partial charge in [-0.3, -0.25) is 4.79 Å². The molecule has 0 saturated heterocycles. The third-order valence-corrected chi connectivity index (χ3v) is 1.70. The molecule has 0 bridgehead atoms. The van der Waals surface area contributed by atoms with Crippen LogP contribution in [0.3, 0.4) is 0 Å². The lowest BCUT2D eigenvalue weighted by atomic mass is 10.3. The van der Waals surface area contributed by atoms with E-state index in [0.29, 0.717) is 15.9 Å². The third-order valence-electron chi connectivity index (χ3n) is 1.03. The number of nitrogen functional groups attached to an aromatic ring is 1. The molecule has 2 N–H and O–H groups in total. The van der Waals surface area contributed by atoms with Crippen LogP contribution in [0, 0.1) is 0 Å². The number of nitrogens with zero attached hydrogens (tertiary/aromatic N) is 1. The van der Waals surface area contributed by atoms with Crippen LogP contribution in [0.4, 0.5) is 5.82 Å². The number of nitrogens with two attached hydrogens (primary N) is 1. The van der Waals surface area contributed by atoms with E-state index < -0.39 is 0 Å². The minimum Gasteiger partial charge on any atom is -0.384 e. The van der Waals surface area contributed by atoms with Crippen molar-refractivity contribution in [3.8, 4) is 0 Å². The van der Waals surface area contributed by atoms with Gasteiger partial charge in [0.2, 0.25) is 0 Å². The second-order valence-electron chi connectivity index (χ2n) is 1.75. The van der Waals surface area contributed by atoms with Crippen molar-refractivity contribution in [2.24, 2.45) is 0 Å². The largest absolute Gasteiger partial charge is 0.384 e. The summed E-state index contributed by atoms with van der Waals surface area (Å²) in [5.74, 6) is 0.352. The predicted molar refractivity (Wildman–Crippen MR) is 41.7 cm³/mol. The van der Waals surface area contributed by atoms with Gasteiger partial charge < -0.3 is 5.73 Å².